The summed E-state index contributed by atoms with van der Waals surface area (Å²) in [6.45, 7) is 9.22. The van der Waals surface area contributed by atoms with E-state index in [4.69, 9.17) is 21.7 Å². The summed E-state index contributed by atoms with van der Waals surface area (Å²) in [6, 6.07) is 38.3. The van der Waals surface area contributed by atoms with Gasteiger partial charge in [-0.1, -0.05) is 130 Å². The number of furan rings is 1. The van der Waals surface area contributed by atoms with Gasteiger partial charge in [-0.25, -0.2) is 0 Å². The number of hydrogen-bond acceptors (Lipinski definition) is 3. The van der Waals surface area contributed by atoms with E-state index in [2.05, 4.69) is 113 Å². The van der Waals surface area contributed by atoms with Gasteiger partial charge in [0.05, 0.1) is 13.7 Å². The van der Waals surface area contributed by atoms with Crippen molar-refractivity contribution in [3.05, 3.63) is 149 Å². The van der Waals surface area contributed by atoms with Gasteiger partial charge in [-0.2, -0.15) is 0 Å². The molecule has 0 saturated heterocycles. The van der Waals surface area contributed by atoms with Crippen molar-refractivity contribution < 1.29 is 36.9 Å². The van der Waals surface area contributed by atoms with Crippen LogP contribution in [-0.4, -0.2) is 18.0 Å². The van der Waals surface area contributed by atoms with E-state index in [9.17, 15) is 0 Å². The maximum atomic E-state index is 7.54. The van der Waals surface area contributed by atoms with E-state index >= 15 is 0 Å². The van der Waals surface area contributed by atoms with Crippen molar-refractivity contribution in [2.24, 2.45) is 0 Å². The third-order valence-corrected chi connectivity index (χ3v) is 12.7. The van der Waals surface area contributed by atoms with Crippen LogP contribution in [0.2, 0.25) is 19.6 Å². The minimum Gasteiger partial charge on any atom is -0.500 e. The maximum Gasteiger partial charge on any atom is 0.120 e. The van der Waals surface area contributed by atoms with Gasteiger partial charge in [0.2, 0.25) is 0 Å². The van der Waals surface area contributed by atoms with Crippen LogP contribution < -0.4 is 5.19 Å². The fourth-order valence-electron chi connectivity index (χ4n) is 7.73. The summed E-state index contributed by atoms with van der Waals surface area (Å²) in [5.74, 6) is 0.854. The Balaban J connectivity index is 0.000000223. The molecule has 3 heterocycles. The van der Waals surface area contributed by atoms with Crippen molar-refractivity contribution in [2.45, 2.75) is 79.7 Å². The smallest absolute Gasteiger partial charge is 0.120 e. The van der Waals surface area contributed by atoms with Gasteiger partial charge in [-0.05, 0) is 98.9 Å². The van der Waals surface area contributed by atoms with Crippen LogP contribution in [0.4, 0.5) is 0 Å². The second kappa shape index (κ2) is 15.8. The van der Waals surface area contributed by atoms with Crippen molar-refractivity contribution in [2.75, 3.05) is 0 Å². The van der Waals surface area contributed by atoms with E-state index in [0.717, 1.165) is 44.4 Å². The van der Waals surface area contributed by atoms with Gasteiger partial charge in [-0.3, -0.25) is 0 Å². The predicted octanol–water partition coefficient (Wildman–Crippen LogP) is 14.2. The first kappa shape index (κ1) is 30.2. The standard InChI is InChI=1S/C38H36NOSi.C14H14N.Ir/c1-22(2)30-20-25(41(5,6)7)21-31(23(3)4)35(30)24-14-15-26-32(19-24)27-12-10-18-39-38(27)29-16-17-34-37(36(26)29)28-11-8-9-13-33(28)40-34;1-10-4-6-13(7-5-10)14-8-11(2)12(3)9-15-14;/h8-15,17-23H,1-7H3;4-6,8-9H,1-3H3;/q2*-1;/i;1D3,2D3,3D3;. The number of para-hydroxylation sites is 1. The van der Waals surface area contributed by atoms with Gasteiger partial charge in [-0.15, -0.1) is 52.9 Å². The Labute approximate surface area is 364 Å². The van der Waals surface area contributed by atoms with E-state index in [1.54, 1.807) is 5.19 Å². The zero-order chi connectivity index (χ0) is 47.0. The van der Waals surface area contributed by atoms with E-state index < -0.39 is 28.6 Å². The molecule has 5 heteroatoms. The molecule has 9 aromatic rings. The molecule has 0 aliphatic heterocycles. The third-order valence-electron chi connectivity index (χ3n) is 10.7. The zero-order valence-electron chi connectivity index (χ0n) is 42.2. The molecule has 3 nitrogen and oxygen atoms in total. The molecule has 289 valence electrons. The largest absolute Gasteiger partial charge is 0.500 e. The molecule has 0 spiro atoms. The Morgan fingerprint density at radius 2 is 1.42 bits per heavy atom. The fourth-order valence-corrected chi connectivity index (χ4v) is 8.91. The number of aryl methyl sites for hydroxylation is 3. The van der Waals surface area contributed by atoms with E-state index in [0.29, 0.717) is 17.4 Å². The number of nitrogens with zero attached hydrogens (tertiary/aromatic N) is 2. The van der Waals surface area contributed by atoms with Crippen LogP contribution in [0.3, 0.4) is 0 Å². The summed E-state index contributed by atoms with van der Waals surface area (Å²) in [6.07, 6.45) is 2.92. The average Bonchev–Trinajstić information content (AvgIpc) is 3.63. The Hall–Kier alpha value is -4.93. The third kappa shape index (κ3) is 7.50. The van der Waals surface area contributed by atoms with Gasteiger partial charge < -0.3 is 14.4 Å². The fraction of sp³-hybridized carbons (Fsp3) is 0.231. The predicted molar refractivity (Wildman–Crippen MR) is 242 cm³/mol. The molecule has 0 N–H and O–H groups in total. The Kier molecular flexibility index (Phi) is 8.36. The second-order valence-corrected chi connectivity index (χ2v) is 21.3. The minimum absolute atomic E-state index is 0. The minimum atomic E-state index is -2.61. The molecular weight excluding hydrogens is 889 g/mol. The van der Waals surface area contributed by atoms with Crippen LogP contribution in [0.1, 0.15) is 79.7 Å². The van der Waals surface area contributed by atoms with Gasteiger partial charge >= 0.3 is 0 Å². The molecule has 0 aliphatic rings. The average molecular weight is 948 g/mol. The van der Waals surface area contributed by atoms with Crippen molar-refractivity contribution in [3.63, 3.8) is 0 Å². The first-order chi connectivity index (χ1) is 30.4. The van der Waals surface area contributed by atoms with Crippen LogP contribution in [0.25, 0.3) is 76.8 Å². The van der Waals surface area contributed by atoms with Crippen molar-refractivity contribution in [1.29, 1.82) is 0 Å². The van der Waals surface area contributed by atoms with Crippen LogP contribution in [0.15, 0.2) is 114 Å². The van der Waals surface area contributed by atoms with Crippen molar-refractivity contribution in [3.8, 4) is 22.4 Å². The molecule has 0 unspecified atom stereocenters. The molecule has 9 rings (SSSR count). The molecule has 0 bridgehead atoms. The molecule has 57 heavy (non-hydrogen) atoms. The second-order valence-electron chi connectivity index (χ2n) is 16.2. The van der Waals surface area contributed by atoms with E-state index in [-0.39, 0.29) is 42.5 Å². The molecule has 0 saturated carbocycles. The zero-order valence-corrected chi connectivity index (χ0v) is 36.6. The summed E-state index contributed by atoms with van der Waals surface area (Å²) in [5.41, 5.74) is 8.40. The molecule has 0 atom stereocenters. The Bertz CT molecular complexity index is 3240. The molecule has 1 radical (unpaired) electrons. The first-order valence-corrected chi connectivity index (χ1v) is 22.6. The maximum absolute atomic E-state index is 7.54. The quantitative estimate of drug-likeness (QED) is 0.0980. The van der Waals surface area contributed by atoms with Crippen molar-refractivity contribution >= 4 is 67.6 Å². The van der Waals surface area contributed by atoms with Crippen LogP contribution in [0.5, 0.6) is 0 Å². The summed E-state index contributed by atoms with van der Waals surface area (Å²) < 4.78 is 73.2. The Morgan fingerprint density at radius 3 is 2.11 bits per heavy atom. The van der Waals surface area contributed by atoms with Gasteiger partial charge in [0.15, 0.2) is 0 Å². The van der Waals surface area contributed by atoms with Gasteiger partial charge in [0.1, 0.15) is 5.58 Å². The van der Waals surface area contributed by atoms with E-state index in [1.165, 1.54) is 62.7 Å². The number of hydrogen-bond donors (Lipinski definition) is 0. The number of pyridine rings is 2. The molecule has 0 fully saturated rings. The molecule has 6 aromatic carbocycles. The first-order valence-electron chi connectivity index (χ1n) is 23.6. The number of aromatic nitrogens is 2. The van der Waals surface area contributed by atoms with Crippen LogP contribution >= 0.6 is 0 Å². The normalized spacial score (nSPS) is 14.9. The number of benzene rings is 6. The summed E-state index contributed by atoms with van der Waals surface area (Å²) >= 11 is 0. The molecular formula is C52H50IrN2OSi-2. The van der Waals surface area contributed by atoms with E-state index in [1.807, 2.05) is 30.5 Å². The summed E-state index contributed by atoms with van der Waals surface area (Å²) in [5, 5.41) is 9.64. The molecule has 0 aliphatic carbocycles. The summed E-state index contributed by atoms with van der Waals surface area (Å²) in [4.78, 5) is 8.91. The van der Waals surface area contributed by atoms with Gasteiger partial charge in [0, 0.05) is 50.2 Å². The molecule has 0 amide bonds. The monoisotopic (exact) mass is 948 g/mol. The topological polar surface area (TPSA) is 38.9 Å². The number of fused-ring (bicyclic) bond motifs is 10. The van der Waals surface area contributed by atoms with Crippen LogP contribution in [0, 0.1) is 32.7 Å². The SMILES string of the molecule is CC(C)c1cc([Si](C)(C)C)cc(C(C)C)c1-c1ccc2c(c1)c1cccnc1c1[c-]cc3oc4ccccc4c3c12.[2H]C([2H])([2H])c1c[c-]c(-c2cc(C([2H])([2H])[2H])c(C([2H])([2H])[2H])cn2)cc1.[Ir]. The molecule has 3 aromatic heterocycles. The number of rotatable bonds is 5. The summed E-state index contributed by atoms with van der Waals surface area (Å²) in [7, 11) is -1.48. The Morgan fingerprint density at radius 1 is 0.667 bits per heavy atom. The van der Waals surface area contributed by atoms with Crippen molar-refractivity contribution in [1.82, 2.24) is 9.97 Å². The van der Waals surface area contributed by atoms with Gasteiger partial charge in [0.25, 0.3) is 0 Å². The van der Waals surface area contributed by atoms with Crippen LogP contribution in [-0.2, 0) is 20.1 Å².